The molecule has 2 fully saturated rings. The number of fused-ring (bicyclic) bond motifs is 1. The fraction of sp³-hybridized carbons (Fsp3) is 0.750. The van der Waals surface area contributed by atoms with Gasteiger partial charge in [-0.15, -0.1) is 5.10 Å². The van der Waals surface area contributed by atoms with E-state index in [2.05, 4.69) is 46.4 Å². The fourth-order valence-corrected chi connectivity index (χ4v) is 3.65. The Hall–Kier alpha value is -1.16. The van der Waals surface area contributed by atoms with Gasteiger partial charge in [-0.2, -0.15) is 5.10 Å². The van der Waals surface area contributed by atoms with E-state index in [0.717, 1.165) is 36.6 Å². The minimum absolute atomic E-state index is 0.484. The Labute approximate surface area is 122 Å². The molecule has 1 aliphatic carbocycles. The maximum absolute atomic E-state index is 4.48. The summed E-state index contributed by atoms with van der Waals surface area (Å²) < 4.78 is 0. The number of rotatable bonds is 4. The van der Waals surface area contributed by atoms with Crippen LogP contribution < -0.4 is 10.2 Å². The van der Waals surface area contributed by atoms with Crippen molar-refractivity contribution in [1.82, 2.24) is 15.5 Å². The van der Waals surface area contributed by atoms with E-state index in [4.69, 9.17) is 0 Å². The van der Waals surface area contributed by atoms with Crippen LogP contribution in [0.4, 0.5) is 5.82 Å². The van der Waals surface area contributed by atoms with Gasteiger partial charge in [-0.3, -0.25) is 0 Å². The lowest BCUT2D eigenvalue weighted by Gasteiger charge is -2.38. The van der Waals surface area contributed by atoms with E-state index >= 15 is 0 Å². The van der Waals surface area contributed by atoms with Crippen molar-refractivity contribution in [1.29, 1.82) is 0 Å². The van der Waals surface area contributed by atoms with E-state index in [1.165, 1.54) is 32.1 Å². The summed E-state index contributed by atoms with van der Waals surface area (Å²) >= 11 is 0. The molecule has 1 saturated heterocycles. The number of piperidine rings is 1. The van der Waals surface area contributed by atoms with Crippen LogP contribution in [0.15, 0.2) is 12.1 Å². The van der Waals surface area contributed by atoms with E-state index in [0.29, 0.717) is 6.04 Å². The normalized spacial score (nSPS) is 26.1. The average molecular weight is 274 g/mol. The number of hydrogen-bond acceptors (Lipinski definition) is 4. The van der Waals surface area contributed by atoms with Crippen molar-refractivity contribution in [2.75, 3.05) is 11.4 Å². The van der Waals surface area contributed by atoms with Crippen LogP contribution in [0.2, 0.25) is 0 Å². The van der Waals surface area contributed by atoms with Crippen molar-refractivity contribution in [3.63, 3.8) is 0 Å². The third kappa shape index (κ3) is 2.95. The summed E-state index contributed by atoms with van der Waals surface area (Å²) in [6.07, 6.45) is 6.84. The maximum atomic E-state index is 4.48. The molecule has 0 spiro atoms. The summed E-state index contributed by atoms with van der Waals surface area (Å²) in [5, 5.41) is 12.2. The summed E-state index contributed by atoms with van der Waals surface area (Å²) in [7, 11) is 0. The molecular formula is C16H26N4. The molecule has 1 aliphatic heterocycles. The predicted octanol–water partition coefficient (Wildman–Crippen LogP) is 2.74. The SMILES string of the molecule is CC(C)NCc1ccc(N2CCCC3CCCC32)nn1. The second kappa shape index (κ2) is 6.08. The highest BCUT2D eigenvalue weighted by atomic mass is 15.3. The third-order valence-corrected chi connectivity index (χ3v) is 4.68. The van der Waals surface area contributed by atoms with Crippen LogP contribution in [0.1, 0.15) is 51.6 Å². The fourth-order valence-electron chi connectivity index (χ4n) is 3.65. The summed E-state index contributed by atoms with van der Waals surface area (Å²) in [5.41, 5.74) is 1.03. The molecule has 4 nitrogen and oxygen atoms in total. The Balaban J connectivity index is 1.67. The van der Waals surface area contributed by atoms with Gasteiger partial charge in [0.15, 0.2) is 5.82 Å². The standard InChI is InChI=1S/C16H26N4/c1-12(2)17-11-14-8-9-16(19-18-14)20-10-4-6-13-5-3-7-15(13)20/h8-9,12-13,15,17H,3-7,10-11H2,1-2H3. The molecule has 0 bridgehead atoms. The Morgan fingerprint density at radius 3 is 2.80 bits per heavy atom. The quantitative estimate of drug-likeness (QED) is 0.916. The number of hydrogen-bond donors (Lipinski definition) is 1. The van der Waals surface area contributed by atoms with Crippen LogP contribution in [-0.2, 0) is 6.54 Å². The van der Waals surface area contributed by atoms with Crippen molar-refractivity contribution in [3.05, 3.63) is 17.8 Å². The van der Waals surface area contributed by atoms with E-state index < -0.39 is 0 Å². The molecule has 3 rings (SSSR count). The van der Waals surface area contributed by atoms with Crippen molar-refractivity contribution < 1.29 is 0 Å². The molecule has 0 radical (unpaired) electrons. The lowest BCUT2D eigenvalue weighted by molar-refractivity contribution is 0.360. The number of nitrogens with one attached hydrogen (secondary N) is 1. The predicted molar refractivity (Wildman–Crippen MR) is 81.7 cm³/mol. The second-order valence-electron chi connectivity index (χ2n) is 6.51. The number of aromatic nitrogens is 2. The number of anilines is 1. The molecule has 1 N–H and O–H groups in total. The molecule has 2 heterocycles. The first-order valence-electron chi connectivity index (χ1n) is 8.06. The van der Waals surface area contributed by atoms with Gasteiger partial charge in [-0.1, -0.05) is 20.3 Å². The summed E-state index contributed by atoms with van der Waals surface area (Å²) in [5.74, 6) is 1.97. The highest BCUT2D eigenvalue weighted by Crippen LogP contribution is 2.38. The van der Waals surface area contributed by atoms with Gasteiger partial charge < -0.3 is 10.2 Å². The molecule has 0 aromatic carbocycles. The topological polar surface area (TPSA) is 41.0 Å². The van der Waals surface area contributed by atoms with Gasteiger partial charge >= 0.3 is 0 Å². The van der Waals surface area contributed by atoms with Gasteiger partial charge in [0.05, 0.1) is 5.69 Å². The van der Waals surface area contributed by atoms with E-state index in [1.807, 2.05) is 0 Å². The minimum atomic E-state index is 0.484. The van der Waals surface area contributed by atoms with Crippen LogP contribution in [0.3, 0.4) is 0 Å². The first-order valence-corrected chi connectivity index (χ1v) is 8.06. The Bertz CT molecular complexity index is 429. The van der Waals surface area contributed by atoms with Gasteiger partial charge in [0.1, 0.15) is 0 Å². The molecule has 1 aromatic heterocycles. The molecule has 2 atom stereocenters. The molecule has 1 aromatic rings. The average Bonchev–Trinajstić information content (AvgIpc) is 2.94. The van der Waals surface area contributed by atoms with Crippen LogP contribution in [-0.4, -0.2) is 28.8 Å². The highest BCUT2D eigenvalue weighted by molar-refractivity contribution is 5.40. The van der Waals surface area contributed by atoms with Crippen molar-refractivity contribution >= 4 is 5.82 Å². The molecule has 0 amide bonds. The Morgan fingerprint density at radius 1 is 1.20 bits per heavy atom. The van der Waals surface area contributed by atoms with Crippen molar-refractivity contribution in [2.24, 2.45) is 5.92 Å². The van der Waals surface area contributed by atoms with E-state index in [-0.39, 0.29) is 0 Å². The first kappa shape index (κ1) is 13.8. The smallest absolute Gasteiger partial charge is 0.151 e. The van der Waals surface area contributed by atoms with Crippen LogP contribution in [0.25, 0.3) is 0 Å². The lowest BCUT2D eigenvalue weighted by atomic mass is 9.92. The van der Waals surface area contributed by atoms with Crippen LogP contribution in [0, 0.1) is 5.92 Å². The molecule has 20 heavy (non-hydrogen) atoms. The van der Waals surface area contributed by atoms with Crippen molar-refractivity contribution in [3.8, 4) is 0 Å². The van der Waals surface area contributed by atoms with Gasteiger partial charge in [-0.25, -0.2) is 0 Å². The summed E-state index contributed by atoms with van der Waals surface area (Å²) in [6, 6.07) is 5.48. The molecule has 110 valence electrons. The van der Waals surface area contributed by atoms with Gasteiger partial charge in [0, 0.05) is 25.2 Å². The number of nitrogens with zero attached hydrogens (tertiary/aromatic N) is 3. The molecular weight excluding hydrogens is 248 g/mol. The molecule has 2 aliphatic rings. The summed E-state index contributed by atoms with van der Waals surface area (Å²) in [4.78, 5) is 2.51. The monoisotopic (exact) mass is 274 g/mol. The van der Waals surface area contributed by atoms with Gasteiger partial charge in [-0.05, 0) is 43.7 Å². The van der Waals surface area contributed by atoms with Crippen LogP contribution >= 0.6 is 0 Å². The highest BCUT2D eigenvalue weighted by Gasteiger charge is 2.35. The van der Waals surface area contributed by atoms with Gasteiger partial charge in [0.2, 0.25) is 0 Å². The largest absolute Gasteiger partial charge is 0.352 e. The molecule has 2 unspecified atom stereocenters. The molecule has 4 heteroatoms. The zero-order chi connectivity index (χ0) is 13.9. The zero-order valence-corrected chi connectivity index (χ0v) is 12.7. The first-order chi connectivity index (χ1) is 9.74. The third-order valence-electron chi connectivity index (χ3n) is 4.68. The van der Waals surface area contributed by atoms with E-state index in [9.17, 15) is 0 Å². The van der Waals surface area contributed by atoms with E-state index in [1.54, 1.807) is 0 Å². The Kier molecular flexibility index (Phi) is 4.20. The van der Waals surface area contributed by atoms with Crippen LogP contribution in [0.5, 0.6) is 0 Å². The van der Waals surface area contributed by atoms with Crippen molar-refractivity contribution in [2.45, 2.75) is 64.6 Å². The minimum Gasteiger partial charge on any atom is -0.352 e. The lowest BCUT2D eigenvalue weighted by Crippen LogP contribution is -2.43. The van der Waals surface area contributed by atoms with Gasteiger partial charge in [0.25, 0.3) is 0 Å². The Morgan fingerprint density at radius 2 is 2.05 bits per heavy atom. The second-order valence-corrected chi connectivity index (χ2v) is 6.51. The summed E-state index contributed by atoms with van der Waals surface area (Å²) in [6.45, 7) is 6.25. The molecule has 1 saturated carbocycles. The maximum Gasteiger partial charge on any atom is 0.151 e. The zero-order valence-electron chi connectivity index (χ0n) is 12.7.